The lowest BCUT2D eigenvalue weighted by Gasteiger charge is -2.38. The van der Waals surface area contributed by atoms with Gasteiger partial charge in [-0.25, -0.2) is 0 Å². The van der Waals surface area contributed by atoms with Crippen molar-refractivity contribution in [1.29, 1.82) is 0 Å². The second-order valence-electron chi connectivity index (χ2n) is 4.95. The zero-order chi connectivity index (χ0) is 11.3. The number of hydrogen-bond donors (Lipinski definition) is 1. The van der Waals surface area contributed by atoms with E-state index in [0.29, 0.717) is 18.9 Å². The molecule has 0 amide bonds. The maximum atomic E-state index is 11.4. The molecule has 1 fully saturated rings. The minimum absolute atomic E-state index is 0.0620. The Morgan fingerprint density at radius 1 is 1.40 bits per heavy atom. The van der Waals surface area contributed by atoms with E-state index in [9.17, 15) is 4.79 Å². The summed E-state index contributed by atoms with van der Waals surface area (Å²) >= 11 is 0. The fraction of sp³-hybridized carbons (Fsp3) is 0.917. The summed E-state index contributed by atoms with van der Waals surface area (Å²) in [5, 5.41) is 0. The predicted octanol–water partition coefficient (Wildman–Crippen LogP) is 2.09. The van der Waals surface area contributed by atoms with Crippen LogP contribution in [0.15, 0.2) is 0 Å². The molecular formula is C12H23NO2. The van der Waals surface area contributed by atoms with Gasteiger partial charge in [-0.1, -0.05) is 26.2 Å². The molecule has 88 valence electrons. The van der Waals surface area contributed by atoms with Crippen LogP contribution in [0.2, 0.25) is 0 Å². The number of esters is 1. The molecular weight excluding hydrogens is 190 g/mol. The summed E-state index contributed by atoms with van der Waals surface area (Å²) in [5.74, 6) is 0.462. The van der Waals surface area contributed by atoms with Crippen molar-refractivity contribution in [3.05, 3.63) is 0 Å². The van der Waals surface area contributed by atoms with Gasteiger partial charge in [0.2, 0.25) is 0 Å². The van der Waals surface area contributed by atoms with E-state index in [1.807, 2.05) is 0 Å². The molecule has 0 aromatic heterocycles. The van der Waals surface area contributed by atoms with E-state index >= 15 is 0 Å². The molecule has 1 aliphatic carbocycles. The fourth-order valence-electron chi connectivity index (χ4n) is 2.58. The molecule has 3 nitrogen and oxygen atoms in total. The van der Waals surface area contributed by atoms with Crippen LogP contribution in [-0.4, -0.2) is 19.6 Å². The van der Waals surface area contributed by atoms with Crippen LogP contribution in [-0.2, 0) is 9.53 Å². The molecule has 1 atom stereocenters. The van der Waals surface area contributed by atoms with Crippen LogP contribution < -0.4 is 5.73 Å². The number of carbonyl (C=O) groups excluding carboxylic acids is 1. The third-order valence-corrected chi connectivity index (χ3v) is 3.83. The molecule has 0 radical (unpaired) electrons. The van der Waals surface area contributed by atoms with Gasteiger partial charge in [-0.3, -0.25) is 4.79 Å². The summed E-state index contributed by atoms with van der Waals surface area (Å²) in [6.07, 6.45) is 6.78. The Morgan fingerprint density at radius 2 is 2.00 bits per heavy atom. The maximum Gasteiger partial charge on any atom is 0.306 e. The summed E-state index contributed by atoms with van der Waals surface area (Å²) in [6.45, 7) is 2.70. The van der Waals surface area contributed by atoms with Gasteiger partial charge in [-0.05, 0) is 30.7 Å². The second-order valence-corrected chi connectivity index (χ2v) is 4.95. The largest absolute Gasteiger partial charge is 0.469 e. The molecule has 0 saturated heterocycles. The molecule has 0 spiro atoms. The third-order valence-electron chi connectivity index (χ3n) is 3.83. The Labute approximate surface area is 92.4 Å². The normalized spacial score (nSPS) is 22.1. The van der Waals surface area contributed by atoms with Gasteiger partial charge in [0.05, 0.1) is 13.5 Å². The van der Waals surface area contributed by atoms with Crippen molar-refractivity contribution in [2.24, 2.45) is 17.1 Å². The predicted molar refractivity (Wildman–Crippen MR) is 60.4 cm³/mol. The Bertz CT molecular complexity index is 212. The monoisotopic (exact) mass is 213 g/mol. The van der Waals surface area contributed by atoms with Crippen molar-refractivity contribution in [1.82, 2.24) is 0 Å². The Hall–Kier alpha value is -0.570. The molecule has 15 heavy (non-hydrogen) atoms. The average Bonchev–Trinajstić information content (AvgIpc) is 2.30. The number of carbonyl (C=O) groups is 1. The van der Waals surface area contributed by atoms with Crippen LogP contribution in [0.4, 0.5) is 0 Å². The zero-order valence-electron chi connectivity index (χ0n) is 9.92. The molecule has 0 bridgehead atoms. The first-order valence-electron chi connectivity index (χ1n) is 5.89. The number of rotatable bonds is 4. The first-order chi connectivity index (χ1) is 7.12. The highest BCUT2D eigenvalue weighted by atomic mass is 16.5. The summed E-state index contributed by atoms with van der Waals surface area (Å²) < 4.78 is 4.74. The smallest absolute Gasteiger partial charge is 0.306 e. The van der Waals surface area contributed by atoms with Crippen LogP contribution in [0, 0.1) is 11.3 Å². The molecule has 0 aromatic rings. The van der Waals surface area contributed by atoms with Crippen molar-refractivity contribution in [3.8, 4) is 0 Å². The van der Waals surface area contributed by atoms with Gasteiger partial charge in [0.25, 0.3) is 0 Å². The molecule has 1 rings (SSSR count). The maximum absolute atomic E-state index is 11.4. The van der Waals surface area contributed by atoms with E-state index in [4.69, 9.17) is 10.5 Å². The Balaban J connectivity index is 2.60. The summed E-state index contributed by atoms with van der Waals surface area (Å²) in [4.78, 5) is 11.4. The first kappa shape index (κ1) is 12.5. The molecule has 0 aliphatic heterocycles. The zero-order valence-corrected chi connectivity index (χ0v) is 9.92. The highest BCUT2D eigenvalue weighted by molar-refractivity contribution is 5.70. The molecule has 0 aromatic carbocycles. The Morgan fingerprint density at radius 3 is 2.47 bits per heavy atom. The van der Waals surface area contributed by atoms with Crippen molar-refractivity contribution in [2.75, 3.05) is 13.7 Å². The average molecular weight is 213 g/mol. The molecule has 3 heteroatoms. The van der Waals surface area contributed by atoms with Crippen molar-refractivity contribution in [2.45, 2.75) is 45.4 Å². The van der Waals surface area contributed by atoms with Crippen molar-refractivity contribution >= 4 is 5.97 Å². The van der Waals surface area contributed by atoms with Gasteiger partial charge in [-0.15, -0.1) is 0 Å². The van der Waals surface area contributed by atoms with Gasteiger partial charge in [0.1, 0.15) is 0 Å². The highest BCUT2D eigenvalue weighted by Gasteiger charge is 2.35. The van der Waals surface area contributed by atoms with E-state index in [2.05, 4.69) is 6.92 Å². The van der Waals surface area contributed by atoms with Crippen LogP contribution in [0.3, 0.4) is 0 Å². The lowest BCUT2D eigenvalue weighted by atomic mass is 9.68. The third kappa shape index (κ3) is 3.20. The summed E-state index contributed by atoms with van der Waals surface area (Å²) in [6, 6.07) is 0. The number of nitrogens with two attached hydrogens (primary N) is 1. The second kappa shape index (κ2) is 5.50. The van der Waals surface area contributed by atoms with Gasteiger partial charge in [0.15, 0.2) is 0 Å². The van der Waals surface area contributed by atoms with Gasteiger partial charge >= 0.3 is 5.97 Å². The van der Waals surface area contributed by atoms with Crippen molar-refractivity contribution < 1.29 is 9.53 Å². The number of methoxy groups -OCH3 is 1. The van der Waals surface area contributed by atoms with E-state index in [0.717, 1.165) is 0 Å². The van der Waals surface area contributed by atoms with Crippen LogP contribution in [0.5, 0.6) is 0 Å². The van der Waals surface area contributed by atoms with Crippen molar-refractivity contribution in [3.63, 3.8) is 0 Å². The molecule has 1 aliphatic rings. The summed E-state index contributed by atoms with van der Waals surface area (Å²) in [5.41, 5.74) is 5.77. The molecule has 1 saturated carbocycles. The topological polar surface area (TPSA) is 52.3 Å². The quantitative estimate of drug-likeness (QED) is 0.727. The van der Waals surface area contributed by atoms with Crippen LogP contribution in [0.25, 0.3) is 0 Å². The lowest BCUT2D eigenvalue weighted by molar-refractivity contribution is -0.144. The fourth-order valence-corrected chi connectivity index (χ4v) is 2.58. The van der Waals surface area contributed by atoms with E-state index in [1.54, 1.807) is 0 Å². The van der Waals surface area contributed by atoms with Crippen LogP contribution in [0.1, 0.15) is 45.4 Å². The lowest BCUT2D eigenvalue weighted by Crippen LogP contribution is -2.38. The van der Waals surface area contributed by atoms with Gasteiger partial charge < -0.3 is 10.5 Å². The SMILES string of the molecule is COC(=O)CC(C)(CN)C1CCCCC1. The first-order valence-corrected chi connectivity index (χ1v) is 5.89. The standard InChI is InChI=1S/C12H23NO2/c1-12(9-13,8-11(14)15-2)10-6-4-3-5-7-10/h10H,3-9,13H2,1-2H3. The molecule has 1 unspecified atom stereocenters. The van der Waals surface area contributed by atoms with E-state index in [1.165, 1.54) is 39.2 Å². The van der Waals surface area contributed by atoms with E-state index < -0.39 is 0 Å². The number of hydrogen-bond acceptors (Lipinski definition) is 3. The minimum Gasteiger partial charge on any atom is -0.469 e. The highest BCUT2D eigenvalue weighted by Crippen LogP contribution is 2.40. The van der Waals surface area contributed by atoms with Gasteiger partial charge in [-0.2, -0.15) is 0 Å². The van der Waals surface area contributed by atoms with Gasteiger partial charge in [0, 0.05) is 0 Å². The van der Waals surface area contributed by atoms with Crippen LogP contribution >= 0.6 is 0 Å². The Kier molecular flexibility index (Phi) is 4.58. The minimum atomic E-state index is -0.131. The summed E-state index contributed by atoms with van der Waals surface area (Å²) in [7, 11) is 1.44. The molecule has 2 N–H and O–H groups in total. The molecule has 0 heterocycles. The van der Waals surface area contributed by atoms with E-state index in [-0.39, 0.29) is 11.4 Å². The number of ether oxygens (including phenoxy) is 1.